The Balaban J connectivity index is 1.75. The van der Waals surface area contributed by atoms with Gasteiger partial charge in [0, 0.05) is 22.2 Å². The summed E-state index contributed by atoms with van der Waals surface area (Å²) >= 11 is 4.11. The second-order valence-corrected chi connectivity index (χ2v) is 7.46. The maximum atomic E-state index is 12.5. The normalized spacial score (nSPS) is 15.4. The summed E-state index contributed by atoms with van der Waals surface area (Å²) in [6, 6.07) is 12.2. The molecule has 0 aliphatic carbocycles. The van der Waals surface area contributed by atoms with Crippen molar-refractivity contribution in [2.24, 2.45) is 0 Å². The van der Waals surface area contributed by atoms with Gasteiger partial charge in [0.2, 0.25) is 0 Å². The smallest absolute Gasteiger partial charge is 0.292 e. The molecule has 1 fully saturated rings. The summed E-state index contributed by atoms with van der Waals surface area (Å²) in [5.74, 6) is -1.02. The van der Waals surface area contributed by atoms with Crippen LogP contribution in [-0.2, 0) is 4.79 Å². The molecule has 3 rings (SSSR count). The first kappa shape index (κ1) is 19.0. The van der Waals surface area contributed by atoms with Gasteiger partial charge >= 0.3 is 0 Å². The van der Waals surface area contributed by atoms with Crippen LogP contribution in [0.3, 0.4) is 0 Å². The number of imide groups is 1. The molecule has 0 N–H and O–H groups in total. The fourth-order valence-electron chi connectivity index (χ4n) is 2.39. The molecule has 7 nitrogen and oxygen atoms in total. The monoisotopic (exact) mass is 446 g/mol. The molecule has 0 spiro atoms. The van der Waals surface area contributed by atoms with Crippen LogP contribution in [0.5, 0.6) is 0 Å². The number of nitro groups is 1. The summed E-state index contributed by atoms with van der Waals surface area (Å²) in [6.45, 7) is -0.418. The lowest BCUT2D eigenvalue weighted by atomic mass is 10.1. The van der Waals surface area contributed by atoms with Crippen LogP contribution in [0.4, 0.5) is 10.5 Å². The van der Waals surface area contributed by atoms with Crippen molar-refractivity contribution in [2.75, 3.05) is 6.54 Å². The first-order chi connectivity index (χ1) is 12.8. The van der Waals surface area contributed by atoms with Crippen LogP contribution < -0.4 is 0 Å². The Hall–Kier alpha value is -2.78. The van der Waals surface area contributed by atoms with Crippen LogP contribution >= 0.6 is 27.7 Å². The Morgan fingerprint density at radius 2 is 1.89 bits per heavy atom. The van der Waals surface area contributed by atoms with Gasteiger partial charge in [-0.3, -0.25) is 29.4 Å². The molecule has 0 atom stereocenters. The van der Waals surface area contributed by atoms with Gasteiger partial charge in [0.05, 0.1) is 16.4 Å². The van der Waals surface area contributed by atoms with Crippen molar-refractivity contribution in [1.82, 2.24) is 4.90 Å². The zero-order valence-electron chi connectivity index (χ0n) is 13.6. The average molecular weight is 447 g/mol. The maximum Gasteiger partial charge on any atom is 0.293 e. The van der Waals surface area contributed by atoms with Gasteiger partial charge in [-0.05, 0) is 47.7 Å². The first-order valence-corrected chi connectivity index (χ1v) is 9.24. The number of amides is 2. The summed E-state index contributed by atoms with van der Waals surface area (Å²) in [5, 5.41) is 10.1. The second-order valence-electron chi connectivity index (χ2n) is 5.55. The molecule has 2 amide bonds. The fraction of sp³-hybridized carbons (Fsp3) is 0.0556. The SMILES string of the molecule is O=C(CN1C(=O)S/C(=C/c2cccc(Br)c2)C1=O)c1ccc([N+](=O)[O-])cc1. The van der Waals surface area contributed by atoms with Crippen molar-refractivity contribution in [3.8, 4) is 0 Å². The van der Waals surface area contributed by atoms with E-state index in [4.69, 9.17) is 0 Å². The second kappa shape index (κ2) is 7.85. The van der Waals surface area contributed by atoms with E-state index in [-0.39, 0.29) is 16.2 Å². The Labute approximate surface area is 166 Å². The molecule has 0 saturated carbocycles. The van der Waals surface area contributed by atoms with E-state index in [0.717, 1.165) is 26.7 Å². The number of hydrogen-bond acceptors (Lipinski definition) is 6. The van der Waals surface area contributed by atoms with Crippen LogP contribution in [0.15, 0.2) is 57.9 Å². The predicted molar refractivity (Wildman–Crippen MR) is 104 cm³/mol. The van der Waals surface area contributed by atoms with E-state index in [0.29, 0.717) is 0 Å². The van der Waals surface area contributed by atoms with Gasteiger partial charge in [-0.1, -0.05) is 28.1 Å². The Morgan fingerprint density at radius 1 is 1.19 bits per heavy atom. The molecule has 0 bridgehead atoms. The molecule has 27 heavy (non-hydrogen) atoms. The highest BCUT2D eigenvalue weighted by Crippen LogP contribution is 2.32. The molecular weight excluding hydrogens is 436 g/mol. The van der Waals surface area contributed by atoms with Crippen LogP contribution in [0.1, 0.15) is 15.9 Å². The lowest BCUT2D eigenvalue weighted by Crippen LogP contribution is -2.33. The van der Waals surface area contributed by atoms with Gasteiger partial charge in [0.1, 0.15) is 0 Å². The number of rotatable bonds is 5. The minimum absolute atomic E-state index is 0.144. The number of non-ortho nitro benzene ring substituents is 1. The van der Waals surface area contributed by atoms with Crippen LogP contribution in [0, 0.1) is 10.1 Å². The topological polar surface area (TPSA) is 97.6 Å². The molecule has 1 aliphatic rings. The lowest BCUT2D eigenvalue weighted by molar-refractivity contribution is -0.384. The van der Waals surface area contributed by atoms with Gasteiger partial charge in [0.25, 0.3) is 16.8 Å². The molecule has 0 unspecified atom stereocenters. The number of halogens is 1. The number of carbonyl (C=O) groups excluding carboxylic acids is 3. The minimum atomic E-state index is -0.572. The van der Waals surface area contributed by atoms with E-state index >= 15 is 0 Å². The van der Waals surface area contributed by atoms with E-state index in [1.165, 1.54) is 24.3 Å². The van der Waals surface area contributed by atoms with Crippen molar-refractivity contribution >= 4 is 56.4 Å². The van der Waals surface area contributed by atoms with Gasteiger partial charge < -0.3 is 0 Å². The van der Waals surface area contributed by atoms with Crippen LogP contribution in [0.2, 0.25) is 0 Å². The third kappa shape index (κ3) is 4.32. The Morgan fingerprint density at radius 3 is 2.52 bits per heavy atom. The molecule has 1 aliphatic heterocycles. The van der Waals surface area contributed by atoms with Crippen molar-refractivity contribution in [2.45, 2.75) is 0 Å². The lowest BCUT2D eigenvalue weighted by Gasteiger charge is -2.11. The standard InChI is InChI=1S/C18H11BrN2O5S/c19-13-3-1-2-11(8-13)9-16-17(23)20(18(24)27-16)10-15(22)12-4-6-14(7-5-12)21(25)26/h1-9H,10H2/b16-9+. The van der Waals surface area contributed by atoms with Crippen molar-refractivity contribution in [1.29, 1.82) is 0 Å². The number of Topliss-reactive ketones (excluding diaryl/α,β-unsaturated/α-hetero) is 1. The van der Waals surface area contributed by atoms with Crippen molar-refractivity contribution in [3.05, 3.63) is 79.2 Å². The molecule has 1 heterocycles. The highest BCUT2D eigenvalue weighted by atomic mass is 79.9. The predicted octanol–water partition coefficient (Wildman–Crippen LogP) is 4.28. The molecule has 0 radical (unpaired) electrons. The van der Waals surface area contributed by atoms with Gasteiger partial charge in [-0.2, -0.15) is 0 Å². The van der Waals surface area contributed by atoms with Gasteiger partial charge in [0.15, 0.2) is 5.78 Å². The van der Waals surface area contributed by atoms with E-state index in [9.17, 15) is 24.5 Å². The van der Waals surface area contributed by atoms with E-state index in [2.05, 4.69) is 15.9 Å². The molecule has 1 saturated heterocycles. The number of nitrogens with zero attached hydrogens (tertiary/aromatic N) is 2. The zero-order chi connectivity index (χ0) is 19.6. The Kier molecular flexibility index (Phi) is 5.52. The van der Waals surface area contributed by atoms with E-state index in [1.54, 1.807) is 24.3 Å². The molecule has 9 heteroatoms. The van der Waals surface area contributed by atoms with Gasteiger partial charge in [-0.25, -0.2) is 0 Å². The number of ketones is 1. The van der Waals surface area contributed by atoms with Crippen LogP contribution in [-0.4, -0.2) is 33.3 Å². The summed E-state index contributed by atoms with van der Waals surface area (Å²) in [7, 11) is 0. The number of thioether (sulfide) groups is 1. The zero-order valence-corrected chi connectivity index (χ0v) is 16.0. The third-order valence-electron chi connectivity index (χ3n) is 3.72. The molecule has 2 aromatic carbocycles. The molecule has 136 valence electrons. The third-order valence-corrected chi connectivity index (χ3v) is 5.12. The van der Waals surface area contributed by atoms with Crippen molar-refractivity contribution in [3.63, 3.8) is 0 Å². The minimum Gasteiger partial charge on any atom is -0.292 e. The van der Waals surface area contributed by atoms with Crippen molar-refractivity contribution < 1.29 is 19.3 Å². The quantitative estimate of drug-likeness (QED) is 0.294. The summed E-state index contributed by atoms with van der Waals surface area (Å²) in [6.07, 6.45) is 1.59. The average Bonchev–Trinajstić information content (AvgIpc) is 2.89. The summed E-state index contributed by atoms with van der Waals surface area (Å²) in [5.41, 5.74) is 0.793. The molecule has 2 aromatic rings. The number of benzene rings is 2. The van der Waals surface area contributed by atoms with Gasteiger partial charge in [-0.15, -0.1) is 0 Å². The molecular formula is C18H11BrN2O5S. The highest BCUT2D eigenvalue weighted by molar-refractivity contribution is 9.10. The number of carbonyl (C=O) groups is 3. The number of hydrogen-bond donors (Lipinski definition) is 0. The summed E-state index contributed by atoms with van der Waals surface area (Å²) in [4.78, 5) is 48.1. The number of nitro benzene ring substituents is 1. The Bertz CT molecular complexity index is 988. The fourth-order valence-corrected chi connectivity index (χ4v) is 3.64. The molecule has 0 aromatic heterocycles. The largest absolute Gasteiger partial charge is 0.293 e. The highest BCUT2D eigenvalue weighted by Gasteiger charge is 2.36. The maximum absolute atomic E-state index is 12.5. The van der Waals surface area contributed by atoms with E-state index < -0.39 is 28.4 Å². The van der Waals surface area contributed by atoms with E-state index in [1.807, 2.05) is 6.07 Å². The summed E-state index contributed by atoms with van der Waals surface area (Å²) < 4.78 is 0.837. The van der Waals surface area contributed by atoms with Crippen LogP contribution in [0.25, 0.3) is 6.08 Å². The first-order valence-electron chi connectivity index (χ1n) is 7.64.